The summed E-state index contributed by atoms with van der Waals surface area (Å²) in [6.45, 7) is 5.00. The highest BCUT2D eigenvalue weighted by Crippen LogP contribution is 2.26. The molecule has 2 saturated heterocycles. The first kappa shape index (κ1) is 16.6. The number of fused-ring (bicyclic) bond motifs is 1. The molecule has 0 aromatic rings. The van der Waals surface area contributed by atoms with Crippen LogP contribution in [0.15, 0.2) is 4.99 Å². The Morgan fingerprint density at radius 1 is 1.17 bits per heavy atom. The zero-order chi connectivity index (χ0) is 17.6. The zero-order valence-corrected chi connectivity index (χ0v) is 14.7. The lowest BCUT2D eigenvalue weighted by Gasteiger charge is -2.34. The van der Waals surface area contributed by atoms with E-state index >= 15 is 0 Å². The number of carbonyl (C=O) groups is 3. The normalized spacial score (nSPS) is 25.9. The van der Waals surface area contributed by atoms with E-state index in [2.05, 4.69) is 9.57 Å². The smallest absolute Gasteiger partial charge is 0.296 e. The van der Waals surface area contributed by atoms with E-state index in [4.69, 9.17) is 0 Å². The number of rotatable bonds is 2. The van der Waals surface area contributed by atoms with Gasteiger partial charge in [0.05, 0.1) is 13.1 Å². The number of urea groups is 1. The molecule has 0 saturated carbocycles. The number of imide groups is 1. The summed E-state index contributed by atoms with van der Waals surface area (Å²) in [7, 11) is 3.08. The second-order valence-corrected chi connectivity index (χ2v) is 6.65. The summed E-state index contributed by atoms with van der Waals surface area (Å²) in [5.41, 5.74) is 0. The second-order valence-electron chi connectivity index (χ2n) is 6.65. The molecule has 0 N–H and O–H groups in total. The van der Waals surface area contributed by atoms with E-state index in [0.29, 0.717) is 11.8 Å². The monoisotopic (exact) mass is 334 g/mol. The molecule has 24 heavy (non-hydrogen) atoms. The Balaban J connectivity index is 2.11. The van der Waals surface area contributed by atoms with Crippen LogP contribution in [0.25, 0.3) is 0 Å². The highest BCUT2D eigenvalue weighted by molar-refractivity contribution is 6.25. The average Bonchev–Trinajstić information content (AvgIpc) is 2.98. The molecule has 0 aromatic heterocycles. The van der Waals surface area contributed by atoms with Gasteiger partial charge in [-0.2, -0.15) is 0 Å². The van der Waals surface area contributed by atoms with Crippen LogP contribution >= 0.6 is 0 Å². The Kier molecular flexibility index (Phi) is 4.15. The quantitative estimate of drug-likeness (QED) is 0.672. The van der Waals surface area contributed by atoms with Crippen LogP contribution in [-0.4, -0.2) is 88.1 Å². The lowest BCUT2D eigenvalue weighted by atomic mass is 10.1. The first-order chi connectivity index (χ1) is 11.3. The molecule has 2 atom stereocenters. The van der Waals surface area contributed by atoms with Crippen molar-refractivity contribution in [2.75, 3.05) is 27.2 Å². The molecule has 2 unspecified atom stereocenters. The third kappa shape index (κ3) is 2.40. The fraction of sp³-hybridized carbons (Fsp3) is 0.688. The number of amidine groups is 1. The van der Waals surface area contributed by atoms with Gasteiger partial charge in [0, 0.05) is 14.1 Å². The molecular formula is C16H24N5O3+. The summed E-state index contributed by atoms with van der Waals surface area (Å²) in [6.07, 6.45) is 3.29. The number of amides is 3. The van der Waals surface area contributed by atoms with Gasteiger partial charge in [0.25, 0.3) is 5.91 Å². The van der Waals surface area contributed by atoms with E-state index in [1.54, 1.807) is 18.9 Å². The number of Topliss-reactive ketones (excluding diaryl/α,β-unsaturated/α-hetero) is 1. The Bertz CT molecular complexity index is 661. The number of hydrogen-bond acceptors (Lipinski definition) is 3. The highest BCUT2D eigenvalue weighted by Gasteiger charge is 2.57. The average molecular weight is 334 g/mol. The molecule has 3 heterocycles. The Hall–Kier alpha value is -2.25. The van der Waals surface area contributed by atoms with Crippen molar-refractivity contribution in [1.29, 1.82) is 0 Å². The number of nitrogens with zero attached hydrogens (tertiary/aromatic N) is 5. The van der Waals surface area contributed by atoms with E-state index in [-0.39, 0.29) is 11.7 Å². The Labute approximate surface area is 141 Å². The molecule has 0 radical (unpaired) electrons. The minimum Gasteiger partial charge on any atom is -0.296 e. The standard InChI is InChI=1S/C16H24N5O3/c1-10(11(2)22)21-12-13(18(3)16(24)19(4)14(12)23)17-15(21)20-8-6-5-7-9-20/h10,12H,5-9H2,1-4H3/q+1. The van der Waals surface area contributed by atoms with Gasteiger partial charge in [0.2, 0.25) is 11.9 Å². The maximum absolute atomic E-state index is 12.7. The number of likely N-dealkylation sites (N-methyl/N-ethyl adjacent to an activating group) is 2. The maximum Gasteiger partial charge on any atom is 0.393 e. The van der Waals surface area contributed by atoms with Crippen LogP contribution in [0.1, 0.15) is 33.1 Å². The molecule has 8 heteroatoms. The highest BCUT2D eigenvalue weighted by atomic mass is 16.2. The van der Waals surface area contributed by atoms with E-state index in [1.807, 2.05) is 0 Å². The SMILES string of the molecule is CC(=O)C(C)N1C(=[N+]2CCCCC2)N=C2C1C(=O)N(C)C(=O)N2C. The summed E-state index contributed by atoms with van der Waals surface area (Å²) >= 11 is 0. The van der Waals surface area contributed by atoms with Gasteiger partial charge in [-0.05, 0) is 33.1 Å². The topological polar surface area (TPSA) is 76.3 Å². The molecule has 0 spiro atoms. The third-order valence-corrected chi connectivity index (χ3v) is 5.09. The first-order valence-electron chi connectivity index (χ1n) is 8.39. The number of carbonyl (C=O) groups excluding carboxylic acids is 3. The van der Waals surface area contributed by atoms with Gasteiger partial charge in [0.15, 0.2) is 5.78 Å². The molecule has 3 aliphatic rings. The Morgan fingerprint density at radius 3 is 2.38 bits per heavy atom. The number of ketones is 1. The van der Waals surface area contributed by atoms with Crippen molar-refractivity contribution in [3.63, 3.8) is 0 Å². The van der Waals surface area contributed by atoms with Gasteiger partial charge in [-0.15, -0.1) is 0 Å². The maximum atomic E-state index is 12.7. The summed E-state index contributed by atoms with van der Waals surface area (Å²) in [5, 5.41) is 0. The van der Waals surface area contributed by atoms with E-state index in [0.717, 1.165) is 30.8 Å². The summed E-state index contributed by atoms with van der Waals surface area (Å²) in [6, 6.07) is -1.59. The predicted octanol–water partition coefficient (Wildman–Crippen LogP) is 0.123. The molecule has 3 rings (SSSR count). The minimum atomic E-state index is -0.714. The number of aliphatic imine (C=N–C) groups is 1. The summed E-state index contributed by atoms with van der Waals surface area (Å²) < 4.78 is 2.12. The molecule has 8 nitrogen and oxygen atoms in total. The van der Waals surface area contributed by atoms with E-state index in [9.17, 15) is 14.4 Å². The number of guanidine groups is 1. The van der Waals surface area contributed by atoms with Crippen LogP contribution in [0, 0.1) is 0 Å². The molecule has 130 valence electrons. The van der Waals surface area contributed by atoms with Gasteiger partial charge >= 0.3 is 12.0 Å². The second kappa shape index (κ2) is 5.99. The lowest BCUT2D eigenvalue weighted by Crippen LogP contribution is -2.64. The molecule has 2 fully saturated rings. The van der Waals surface area contributed by atoms with Crippen molar-refractivity contribution >= 4 is 29.5 Å². The van der Waals surface area contributed by atoms with Crippen molar-refractivity contribution in [2.45, 2.75) is 45.2 Å². The van der Waals surface area contributed by atoms with Gasteiger partial charge < -0.3 is 0 Å². The molecule has 0 aliphatic carbocycles. The first-order valence-corrected chi connectivity index (χ1v) is 8.39. The molecule has 3 amide bonds. The van der Waals surface area contributed by atoms with Gasteiger partial charge in [-0.3, -0.25) is 24.0 Å². The predicted molar refractivity (Wildman–Crippen MR) is 88.0 cm³/mol. The van der Waals surface area contributed by atoms with Gasteiger partial charge in [0.1, 0.15) is 6.04 Å². The van der Waals surface area contributed by atoms with Gasteiger partial charge in [-0.25, -0.2) is 9.69 Å². The molecular weight excluding hydrogens is 310 g/mol. The van der Waals surface area contributed by atoms with Crippen LogP contribution in [-0.2, 0) is 9.59 Å². The lowest BCUT2D eigenvalue weighted by molar-refractivity contribution is -0.542. The van der Waals surface area contributed by atoms with E-state index in [1.165, 1.54) is 25.3 Å². The van der Waals surface area contributed by atoms with Crippen LogP contribution in [0.2, 0.25) is 0 Å². The summed E-state index contributed by atoms with van der Waals surface area (Å²) in [4.78, 5) is 45.9. The fourth-order valence-electron chi connectivity index (χ4n) is 3.47. The fourth-order valence-corrected chi connectivity index (χ4v) is 3.47. The van der Waals surface area contributed by atoms with Crippen molar-refractivity contribution in [3.8, 4) is 0 Å². The van der Waals surface area contributed by atoms with Gasteiger partial charge in [-0.1, -0.05) is 4.99 Å². The number of piperidine rings is 1. The van der Waals surface area contributed by atoms with Crippen molar-refractivity contribution in [2.24, 2.45) is 4.99 Å². The van der Waals surface area contributed by atoms with Crippen molar-refractivity contribution in [1.82, 2.24) is 14.7 Å². The van der Waals surface area contributed by atoms with Crippen molar-refractivity contribution < 1.29 is 19.0 Å². The van der Waals surface area contributed by atoms with Crippen LogP contribution in [0.3, 0.4) is 0 Å². The Morgan fingerprint density at radius 2 is 1.79 bits per heavy atom. The van der Waals surface area contributed by atoms with Crippen LogP contribution in [0.5, 0.6) is 0 Å². The minimum absolute atomic E-state index is 0.0315. The molecule has 0 bridgehead atoms. The van der Waals surface area contributed by atoms with E-state index < -0.39 is 18.1 Å². The summed E-state index contributed by atoms with van der Waals surface area (Å²) in [5.74, 6) is 0.686. The largest absolute Gasteiger partial charge is 0.393 e. The molecule has 3 aliphatic heterocycles. The molecule has 0 aromatic carbocycles. The van der Waals surface area contributed by atoms with Crippen molar-refractivity contribution in [3.05, 3.63) is 0 Å². The van der Waals surface area contributed by atoms with Crippen LogP contribution in [0.4, 0.5) is 4.79 Å². The zero-order valence-electron chi connectivity index (χ0n) is 14.7. The third-order valence-electron chi connectivity index (χ3n) is 5.09. The van der Waals surface area contributed by atoms with Crippen LogP contribution < -0.4 is 0 Å². The number of hydrogen-bond donors (Lipinski definition) is 0.